The Labute approximate surface area is 316 Å². The van der Waals surface area contributed by atoms with Crippen molar-refractivity contribution in [1.82, 2.24) is 24.1 Å². The molecule has 3 fully saturated rings. The quantitative estimate of drug-likeness (QED) is 0.189. The molecule has 2 heterocycles. The first kappa shape index (κ1) is 38.7. The maximum Gasteiger partial charge on any atom is 0.419 e. The number of fused-ring (bicyclic) bond motifs is 1. The number of benzene rings is 2. The highest BCUT2D eigenvalue weighted by Crippen LogP contribution is 2.44. The Hall–Kier alpha value is -3.59. The van der Waals surface area contributed by atoms with E-state index in [0.717, 1.165) is 81.4 Å². The van der Waals surface area contributed by atoms with Crippen LogP contribution in [0, 0.1) is 17.8 Å². The van der Waals surface area contributed by atoms with Crippen molar-refractivity contribution in [2.24, 2.45) is 17.8 Å². The predicted molar refractivity (Wildman–Crippen MR) is 201 cm³/mol. The smallest absolute Gasteiger partial charge is 0.419 e. The van der Waals surface area contributed by atoms with E-state index in [1.165, 1.54) is 37.8 Å². The van der Waals surface area contributed by atoms with Gasteiger partial charge in [-0.25, -0.2) is 18.4 Å². The molecule has 2 aromatic carbocycles. The molecule has 1 aromatic heterocycles. The van der Waals surface area contributed by atoms with Gasteiger partial charge in [-0.2, -0.15) is 17.5 Å². The lowest BCUT2D eigenvalue weighted by molar-refractivity contribution is -0.138. The van der Waals surface area contributed by atoms with Gasteiger partial charge >= 0.3 is 6.18 Å². The molecule has 2 atom stereocenters. The number of hydrogen-bond acceptors (Lipinski definition) is 9. The van der Waals surface area contributed by atoms with E-state index in [-0.39, 0.29) is 23.8 Å². The number of carbonyl (C=O) groups is 1. The van der Waals surface area contributed by atoms with E-state index in [1.807, 2.05) is 18.2 Å². The number of hydrogen-bond donors (Lipinski definition) is 1. The van der Waals surface area contributed by atoms with Crippen molar-refractivity contribution in [2.45, 2.75) is 76.0 Å². The molecule has 3 aromatic rings. The lowest BCUT2D eigenvalue weighted by atomic mass is 9.81. The van der Waals surface area contributed by atoms with Crippen LogP contribution in [0.25, 0.3) is 0 Å². The van der Waals surface area contributed by atoms with Crippen molar-refractivity contribution >= 4 is 27.4 Å². The molecule has 0 spiro atoms. The number of ketones is 1. The van der Waals surface area contributed by atoms with E-state index < -0.39 is 33.7 Å². The number of aromatic nitrogens is 2. The summed E-state index contributed by atoms with van der Waals surface area (Å²) in [5, 5.41) is 3.00. The number of nitrogens with one attached hydrogen (secondary N) is 1. The second kappa shape index (κ2) is 15.9. The predicted octanol–water partition coefficient (Wildman–Crippen LogP) is 6.75. The van der Waals surface area contributed by atoms with Crippen LogP contribution in [0.4, 0.5) is 24.8 Å². The normalized spacial score (nSPS) is 24.1. The van der Waals surface area contributed by atoms with Crippen LogP contribution < -0.4 is 10.1 Å². The number of ether oxygens (including phenoxy) is 1. The van der Waals surface area contributed by atoms with Gasteiger partial charge in [-0.15, -0.1) is 0 Å². The first-order valence-corrected chi connectivity index (χ1v) is 21.0. The molecule has 0 bridgehead atoms. The molecule has 1 N–H and O–H groups in total. The lowest BCUT2D eigenvalue weighted by Gasteiger charge is -2.42. The molecule has 2 saturated carbocycles. The van der Waals surface area contributed by atoms with E-state index in [0.29, 0.717) is 41.8 Å². The second-order valence-corrected chi connectivity index (χ2v) is 17.8. The van der Waals surface area contributed by atoms with E-state index in [4.69, 9.17) is 4.74 Å². The van der Waals surface area contributed by atoms with Crippen molar-refractivity contribution in [3.8, 4) is 5.75 Å². The summed E-state index contributed by atoms with van der Waals surface area (Å²) in [6, 6.07) is 12.3. The summed E-state index contributed by atoms with van der Waals surface area (Å²) in [5.41, 5.74) is 1.38. The van der Waals surface area contributed by atoms with Crippen LogP contribution in [-0.2, 0) is 29.0 Å². The molecule has 292 valence electrons. The molecule has 0 amide bonds. The molecule has 10 nitrogen and oxygen atoms in total. The molecule has 0 radical (unpaired) electrons. The molecule has 14 heteroatoms. The van der Waals surface area contributed by atoms with Gasteiger partial charge in [-0.3, -0.25) is 9.69 Å². The van der Waals surface area contributed by atoms with Crippen molar-refractivity contribution in [1.29, 1.82) is 0 Å². The molecule has 1 saturated heterocycles. The Morgan fingerprint density at radius 2 is 1.70 bits per heavy atom. The Balaban J connectivity index is 1.00. The fourth-order valence-corrected chi connectivity index (χ4v) is 9.52. The Morgan fingerprint density at radius 3 is 2.37 bits per heavy atom. The first-order chi connectivity index (χ1) is 25.8. The highest BCUT2D eigenvalue weighted by atomic mass is 32.2. The Bertz CT molecular complexity index is 1920. The van der Waals surface area contributed by atoms with Crippen LogP contribution in [-0.4, -0.2) is 97.5 Å². The van der Waals surface area contributed by atoms with Gasteiger partial charge in [0.25, 0.3) is 0 Å². The van der Waals surface area contributed by atoms with E-state index >= 15 is 0 Å². The first-order valence-electron chi connectivity index (χ1n) is 19.2. The molecule has 54 heavy (non-hydrogen) atoms. The van der Waals surface area contributed by atoms with E-state index in [2.05, 4.69) is 25.1 Å². The lowest BCUT2D eigenvalue weighted by Crippen LogP contribution is -2.51. The number of halogens is 3. The maximum absolute atomic E-state index is 14.3. The molecular weight excluding hydrogens is 718 g/mol. The average Bonchev–Trinajstić information content (AvgIpc) is 3.89. The van der Waals surface area contributed by atoms with Gasteiger partial charge in [0.2, 0.25) is 16.0 Å². The number of nitrogens with zero attached hydrogens (tertiary/aromatic N) is 5. The van der Waals surface area contributed by atoms with Crippen molar-refractivity contribution < 1.29 is 31.1 Å². The third kappa shape index (κ3) is 8.93. The highest BCUT2D eigenvalue weighted by molar-refractivity contribution is 7.88. The molecule has 0 unspecified atom stereocenters. The third-order valence-corrected chi connectivity index (χ3v) is 13.3. The van der Waals surface area contributed by atoms with E-state index in [9.17, 15) is 26.4 Å². The number of piperazine rings is 1. The number of alkyl halides is 3. The van der Waals surface area contributed by atoms with Gasteiger partial charge in [-0.05, 0) is 98.4 Å². The largest absolute Gasteiger partial charge is 0.495 e. The Morgan fingerprint density at radius 1 is 1.00 bits per heavy atom. The molecule has 1 aliphatic heterocycles. The Kier molecular flexibility index (Phi) is 11.4. The van der Waals surface area contributed by atoms with Crippen LogP contribution in [0.15, 0.2) is 48.7 Å². The van der Waals surface area contributed by atoms with Crippen molar-refractivity contribution in [3.05, 3.63) is 76.6 Å². The summed E-state index contributed by atoms with van der Waals surface area (Å²) >= 11 is 0. The van der Waals surface area contributed by atoms with Crippen LogP contribution in [0.1, 0.15) is 83.7 Å². The van der Waals surface area contributed by atoms with Crippen LogP contribution >= 0.6 is 0 Å². The third-order valence-electron chi connectivity index (χ3n) is 12.0. The number of rotatable bonds is 13. The average molecular weight is 769 g/mol. The summed E-state index contributed by atoms with van der Waals surface area (Å²) in [7, 11) is -0.728. The van der Waals surface area contributed by atoms with Gasteiger partial charge in [0.1, 0.15) is 5.75 Å². The highest BCUT2D eigenvalue weighted by Gasteiger charge is 2.41. The fraction of sp³-hybridized carbons (Fsp3) is 0.575. The SMILES string of the molecule is COc1cc(C(=O)CC2CCC(N3CCN(CC4CC4)CC3)CC2)ccc1Nc1ncc(C(F)(F)F)c(C[C@@H]2Cc3ccccc3[C@H]2N(C)S(C)(=O)=O)n1. The van der Waals surface area contributed by atoms with Gasteiger partial charge in [0.15, 0.2) is 5.78 Å². The van der Waals surface area contributed by atoms with Crippen LogP contribution in [0.5, 0.6) is 5.75 Å². The van der Waals surface area contributed by atoms with Crippen molar-refractivity contribution in [2.75, 3.05) is 58.5 Å². The van der Waals surface area contributed by atoms with E-state index in [1.54, 1.807) is 24.3 Å². The zero-order chi connectivity index (χ0) is 38.2. The fourth-order valence-electron chi connectivity index (χ4n) is 8.82. The van der Waals surface area contributed by atoms with Gasteiger partial charge in [0.05, 0.1) is 36.4 Å². The topological polar surface area (TPSA) is 108 Å². The molecule has 7 rings (SSSR count). The molecule has 3 aliphatic carbocycles. The summed E-state index contributed by atoms with van der Waals surface area (Å²) in [4.78, 5) is 27.1. The summed E-state index contributed by atoms with van der Waals surface area (Å²) in [6.45, 7) is 5.86. The van der Waals surface area contributed by atoms with Gasteiger partial charge in [0, 0.05) is 64.0 Å². The maximum atomic E-state index is 14.3. The second-order valence-electron chi connectivity index (χ2n) is 15.8. The van der Waals surface area contributed by atoms with Crippen LogP contribution in [0.2, 0.25) is 0 Å². The minimum atomic E-state index is -4.72. The van der Waals surface area contributed by atoms with Crippen LogP contribution in [0.3, 0.4) is 0 Å². The number of carbonyl (C=O) groups excluding carboxylic acids is 1. The number of methoxy groups -OCH3 is 1. The summed E-state index contributed by atoms with van der Waals surface area (Å²) < 4.78 is 74.9. The summed E-state index contributed by atoms with van der Waals surface area (Å²) in [5.74, 6) is 1.08. The minimum Gasteiger partial charge on any atom is -0.495 e. The van der Waals surface area contributed by atoms with Gasteiger partial charge in [-0.1, -0.05) is 24.3 Å². The molecule has 4 aliphatic rings. The number of sulfonamides is 1. The minimum absolute atomic E-state index is 0.0382. The number of anilines is 2. The molecular formula is C40H51F3N6O4S. The zero-order valence-corrected chi connectivity index (χ0v) is 32.1. The van der Waals surface area contributed by atoms with Crippen molar-refractivity contribution in [3.63, 3.8) is 0 Å². The number of Topliss-reactive ketones (excluding diaryl/α,β-unsaturated/α-hetero) is 1. The standard InChI is InChI=1S/C40H51F3N6O4S/c1-47(54(3,51)52)38-30(21-28-6-4-5-7-32(28)38)22-35-33(40(41,42)43)24-44-39(46-35)45-34-15-12-29(23-37(34)53-2)36(50)20-26-10-13-31(14-11-26)49-18-16-48(17-19-49)25-27-8-9-27/h4-7,12,15,23-24,26-27,30-31,38H,8-11,13-14,16-22,25H2,1-3H3,(H,44,45,46)/t26?,30-,31?,38-/m0/s1. The zero-order valence-electron chi connectivity index (χ0n) is 31.3. The monoisotopic (exact) mass is 768 g/mol. The summed E-state index contributed by atoms with van der Waals surface area (Å²) in [6.07, 6.45) is 4.93. The van der Waals surface area contributed by atoms with Gasteiger partial charge < -0.3 is 15.0 Å².